The molecule has 0 bridgehead atoms. The number of alkyl halides is 1. The van der Waals surface area contributed by atoms with Crippen LogP contribution in [0.5, 0.6) is 0 Å². The quantitative estimate of drug-likeness (QED) is 0.703. The Bertz CT molecular complexity index is 270. The molecule has 0 aromatic carbocycles. The predicted octanol–water partition coefficient (Wildman–Crippen LogP) is 2.26. The molecule has 1 aromatic rings. The fourth-order valence-corrected chi connectivity index (χ4v) is 1.57. The third-order valence-electron chi connectivity index (χ3n) is 2.21. The second kappa shape index (κ2) is 5.25. The van der Waals surface area contributed by atoms with E-state index in [1.54, 1.807) is 0 Å². The van der Waals surface area contributed by atoms with Crippen LogP contribution >= 0.6 is 11.6 Å². The maximum absolute atomic E-state index is 5.70. The van der Waals surface area contributed by atoms with E-state index < -0.39 is 0 Å². The first-order valence-electron chi connectivity index (χ1n) is 4.96. The smallest absolute Gasteiger partial charge is 0.205 e. The summed E-state index contributed by atoms with van der Waals surface area (Å²) in [5, 5.41) is 0. The molecule has 0 saturated carbocycles. The van der Waals surface area contributed by atoms with Gasteiger partial charge in [-0.15, -0.1) is 11.6 Å². The number of hydrogen-bond donors (Lipinski definition) is 0. The lowest BCUT2D eigenvalue weighted by molar-refractivity contribution is 0.639. The zero-order valence-corrected chi connectivity index (χ0v) is 9.83. The molecule has 1 rings (SSSR count). The van der Waals surface area contributed by atoms with Gasteiger partial charge in [0.25, 0.3) is 0 Å². The van der Waals surface area contributed by atoms with Crippen molar-refractivity contribution in [1.29, 1.82) is 0 Å². The van der Waals surface area contributed by atoms with Crippen LogP contribution in [0.4, 0.5) is 5.95 Å². The van der Waals surface area contributed by atoms with E-state index in [1.165, 1.54) is 0 Å². The van der Waals surface area contributed by atoms with E-state index in [1.807, 2.05) is 24.0 Å². The molecule has 0 aliphatic heterocycles. The summed E-state index contributed by atoms with van der Waals surface area (Å²) in [6, 6.07) is 0.458. The number of anilines is 1. The molecule has 0 radical (unpaired) electrons. The van der Waals surface area contributed by atoms with Crippen molar-refractivity contribution in [1.82, 2.24) is 9.55 Å². The molecule has 0 amide bonds. The van der Waals surface area contributed by atoms with Crippen LogP contribution in [0.25, 0.3) is 0 Å². The second-order valence-electron chi connectivity index (χ2n) is 3.67. The zero-order chi connectivity index (χ0) is 10.6. The summed E-state index contributed by atoms with van der Waals surface area (Å²) < 4.78 is 2.04. The summed E-state index contributed by atoms with van der Waals surface area (Å²) in [7, 11) is 2.01. The van der Waals surface area contributed by atoms with Gasteiger partial charge < -0.3 is 9.47 Å². The topological polar surface area (TPSA) is 21.1 Å². The Morgan fingerprint density at radius 3 is 2.71 bits per heavy atom. The third kappa shape index (κ3) is 2.64. The molecule has 3 nitrogen and oxygen atoms in total. The van der Waals surface area contributed by atoms with Crippen molar-refractivity contribution < 1.29 is 0 Å². The van der Waals surface area contributed by atoms with Gasteiger partial charge in [0.05, 0.1) is 0 Å². The molecule has 80 valence electrons. The number of aromatic nitrogens is 2. The molecule has 0 N–H and O–H groups in total. The molecule has 0 saturated heterocycles. The van der Waals surface area contributed by atoms with Gasteiger partial charge in [-0.25, -0.2) is 4.98 Å². The average molecular weight is 216 g/mol. The van der Waals surface area contributed by atoms with Gasteiger partial charge in [-0.05, 0) is 20.3 Å². The Morgan fingerprint density at radius 2 is 2.29 bits per heavy atom. The summed E-state index contributed by atoms with van der Waals surface area (Å²) in [6.45, 7) is 5.30. The van der Waals surface area contributed by atoms with Crippen LogP contribution in [-0.2, 0) is 7.05 Å². The fourth-order valence-electron chi connectivity index (χ4n) is 1.45. The molecule has 0 aliphatic carbocycles. The monoisotopic (exact) mass is 215 g/mol. The van der Waals surface area contributed by atoms with Crippen LogP contribution in [0.2, 0.25) is 0 Å². The van der Waals surface area contributed by atoms with Crippen molar-refractivity contribution >= 4 is 17.5 Å². The molecular weight excluding hydrogens is 198 g/mol. The number of imidazole rings is 1. The van der Waals surface area contributed by atoms with Crippen molar-refractivity contribution in [3.63, 3.8) is 0 Å². The first-order chi connectivity index (χ1) is 6.66. The third-order valence-corrected chi connectivity index (χ3v) is 2.48. The summed E-state index contributed by atoms with van der Waals surface area (Å²) in [5.41, 5.74) is 0. The highest BCUT2D eigenvalue weighted by Gasteiger charge is 2.13. The van der Waals surface area contributed by atoms with Crippen molar-refractivity contribution in [3.8, 4) is 0 Å². The molecule has 1 heterocycles. The van der Waals surface area contributed by atoms with Gasteiger partial charge in [0.15, 0.2) is 0 Å². The molecule has 1 aromatic heterocycles. The lowest BCUT2D eigenvalue weighted by Crippen LogP contribution is -2.34. The van der Waals surface area contributed by atoms with E-state index in [0.29, 0.717) is 11.9 Å². The second-order valence-corrected chi connectivity index (χ2v) is 4.05. The van der Waals surface area contributed by atoms with Crippen molar-refractivity contribution in [2.24, 2.45) is 7.05 Å². The van der Waals surface area contributed by atoms with Crippen LogP contribution in [0, 0.1) is 0 Å². The summed E-state index contributed by atoms with van der Waals surface area (Å²) in [5.74, 6) is 1.72. The van der Waals surface area contributed by atoms with Crippen LogP contribution in [-0.4, -0.2) is 28.0 Å². The fraction of sp³-hybridized carbons (Fsp3) is 0.700. The molecule has 0 unspecified atom stereocenters. The maximum atomic E-state index is 5.70. The Balaban J connectivity index is 2.73. The van der Waals surface area contributed by atoms with E-state index in [-0.39, 0.29) is 0 Å². The van der Waals surface area contributed by atoms with Gasteiger partial charge in [0.2, 0.25) is 5.95 Å². The number of hydrogen-bond acceptors (Lipinski definition) is 2. The lowest BCUT2D eigenvalue weighted by atomic mass is 10.3. The highest BCUT2D eigenvalue weighted by Crippen LogP contribution is 2.13. The molecule has 0 spiro atoms. The molecule has 0 aliphatic rings. The molecule has 4 heteroatoms. The summed E-state index contributed by atoms with van der Waals surface area (Å²) >= 11 is 5.70. The van der Waals surface area contributed by atoms with E-state index in [2.05, 4.69) is 23.7 Å². The van der Waals surface area contributed by atoms with Crippen LogP contribution in [0.1, 0.15) is 20.3 Å². The van der Waals surface area contributed by atoms with Crippen molar-refractivity contribution in [3.05, 3.63) is 12.4 Å². The molecule has 14 heavy (non-hydrogen) atoms. The van der Waals surface area contributed by atoms with Gasteiger partial charge >= 0.3 is 0 Å². The zero-order valence-electron chi connectivity index (χ0n) is 9.07. The lowest BCUT2D eigenvalue weighted by Gasteiger charge is -2.27. The van der Waals surface area contributed by atoms with Gasteiger partial charge in [0, 0.05) is 37.9 Å². The number of nitrogens with zero attached hydrogens (tertiary/aromatic N) is 3. The highest BCUT2D eigenvalue weighted by molar-refractivity contribution is 6.17. The summed E-state index contributed by atoms with van der Waals surface area (Å²) in [6.07, 6.45) is 4.78. The van der Waals surface area contributed by atoms with E-state index in [4.69, 9.17) is 11.6 Å². The Hall–Kier alpha value is -0.700. The van der Waals surface area contributed by atoms with Crippen molar-refractivity contribution in [2.75, 3.05) is 17.3 Å². The van der Waals surface area contributed by atoms with Gasteiger partial charge in [-0.2, -0.15) is 0 Å². The minimum Gasteiger partial charge on any atom is -0.340 e. The molecule has 0 atom stereocenters. The van der Waals surface area contributed by atoms with E-state index in [9.17, 15) is 0 Å². The average Bonchev–Trinajstić information content (AvgIpc) is 2.52. The number of halogens is 1. The Labute approximate surface area is 90.7 Å². The number of rotatable bonds is 5. The molecule has 0 fully saturated rings. The predicted molar refractivity (Wildman–Crippen MR) is 61.0 cm³/mol. The normalized spacial score (nSPS) is 10.9. The minimum atomic E-state index is 0.458. The van der Waals surface area contributed by atoms with E-state index in [0.717, 1.165) is 18.9 Å². The summed E-state index contributed by atoms with van der Waals surface area (Å²) in [4.78, 5) is 6.60. The van der Waals surface area contributed by atoms with Crippen LogP contribution in [0.3, 0.4) is 0 Å². The minimum absolute atomic E-state index is 0.458. The Morgan fingerprint density at radius 1 is 1.57 bits per heavy atom. The highest BCUT2D eigenvalue weighted by atomic mass is 35.5. The van der Waals surface area contributed by atoms with Gasteiger partial charge in [-0.3, -0.25) is 0 Å². The number of aryl methyl sites for hydroxylation is 1. The van der Waals surface area contributed by atoms with Gasteiger partial charge in [0.1, 0.15) is 0 Å². The standard InChI is InChI=1S/C10H18ClN3/c1-9(2)14(7-4-5-11)10-12-6-8-13(10)3/h6,8-9H,4-5,7H2,1-3H3. The Kier molecular flexibility index (Phi) is 4.26. The van der Waals surface area contributed by atoms with E-state index >= 15 is 0 Å². The van der Waals surface area contributed by atoms with Crippen molar-refractivity contribution in [2.45, 2.75) is 26.3 Å². The van der Waals surface area contributed by atoms with Crippen LogP contribution in [0.15, 0.2) is 12.4 Å². The largest absolute Gasteiger partial charge is 0.340 e. The van der Waals surface area contributed by atoms with Gasteiger partial charge in [-0.1, -0.05) is 0 Å². The SMILES string of the molecule is CC(C)N(CCCCl)c1nccn1C. The first kappa shape index (κ1) is 11.4. The maximum Gasteiger partial charge on any atom is 0.205 e. The van der Waals surface area contributed by atoms with Crippen LogP contribution < -0.4 is 4.90 Å². The first-order valence-corrected chi connectivity index (χ1v) is 5.50. The molecular formula is C10H18ClN3.